The number of carbonyl (C=O) groups excluding carboxylic acids is 1. The molecule has 2 fully saturated rings. The number of alkyl halides is 3. The molecular formula is C24H25F3N6O. The first kappa shape index (κ1) is 22.5. The molecule has 3 aromatic rings. The van der Waals surface area contributed by atoms with Crippen LogP contribution in [0.3, 0.4) is 0 Å². The van der Waals surface area contributed by atoms with Crippen LogP contribution in [0.2, 0.25) is 0 Å². The molecule has 1 aromatic carbocycles. The number of nitrogens with one attached hydrogen (secondary N) is 2. The van der Waals surface area contributed by atoms with Crippen LogP contribution in [0.4, 0.5) is 23.8 Å². The number of benzene rings is 1. The molecule has 7 nitrogen and oxygen atoms in total. The summed E-state index contributed by atoms with van der Waals surface area (Å²) in [7, 11) is 0. The fourth-order valence-electron chi connectivity index (χ4n) is 5.08. The molecular weight excluding hydrogens is 445 g/mol. The minimum Gasteiger partial charge on any atom is -0.318 e. The molecule has 0 aliphatic carbocycles. The molecule has 0 radical (unpaired) electrons. The first-order chi connectivity index (χ1) is 16.4. The van der Waals surface area contributed by atoms with E-state index in [1.165, 1.54) is 0 Å². The maximum atomic E-state index is 13.1. The lowest BCUT2D eigenvalue weighted by molar-refractivity contribution is -0.133. The van der Waals surface area contributed by atoms with Crippen LogP contribution in [-0.4, -0.2) is 56.7 Å². The number of urea groups is 1. The molecule has 1 unspecified atom stereocenters. The van der Waals surface area contributed by atoms with Crippen LogP contribution in [0.5, 0.6) is 0 Å². The maximum absolute atomic E-state index is 13.1. The first-order valence-electron chi connectivity index (χ1n) is 11.4. The molecule has 2 N–H and O–H groups in total. The first-order valence-corrected chi connectivity index (χ1v) is 11.4. The number of pyridine rings is 1. The van der Waals surface area contributed by atoms with Gasteiger partial charge in [-0.2, -0.15) is 13.2 Å². The summed E-state index contributed by atoms with van der Waals surface area (Å²) >= 11 is 0. The van der Waals surface area contributed by atoms with E-state index in [0.717, 1.165) is 34.9 Å². The number of rotatable bonds is 5. The molecule has 2 saturated heterocycles. The van der Waals surface area contributed by atoms with E-state index in [2.05, 4.69) is 25.6 Å². The van der Waals surface area contributed by atoms with E-state index < -0.39 is 12.6 Å². The summed E-state index contributed by atoms with van der Waals surface area (Å²) in [6.45, 7) is -0.0859. The number of amides is 2. The average Bonchev–Trinajstić information content (AvgIpc) is 3.09. The minimum absolute atomic E-state index is 0.00204. The zero-order chi connectivity index (χ0) is 23.7. The van der Waals surface area contributed by atoms with Crippen molar-refractivity contribution >= 4 is 22.6 Å². The van der Waals surface area contributed by atoms with Crippen LogP contribution in [0.1, 0.15) is 32.1 Å². The van der Waals surface area contributed by atoms with E-state index in [1.54, 1.807) is 24.8 Å². The topological polar surface area (TPSA) is 83.0 Å². The zero-order valence-corrected chi connectivity index (χ0v) is 18.4. The molecule has 178 valence electrons. The van der Waals surface area contributed by atoms with Gasteiger partial charge in [-0.05, 0) is 43.2 Å². The van der Waals surface area contributed by atoms with Crippen molar-refractivity contribution in [1.82, 2.24) is 25.2 Å². The summed E-state index contributed by atoms with van der Waals surface area (Å²) in [5, 5.41) is 7.81. The molecule has 2 amide bonds. The highest BCUT2D eigenvalue weighted by molar-refractivity contribution is 5.93. The monoisotopic (exact) mass is 470 g/mol. The van der Waals surface area contributed by atoms with Crippen molar-refractivity contribution < 1.29 is 18.0 Å². The van der Waals surface area contributed by atoms with Gasteiger partial charge < -0.3 is 10.2 Å². The van der Waals surface area contributed by atoms with Crippen molar-refractivity contribution in [2.24, 2.45) is 0 Å². The standard InChI is InChI=1S/C24H25F3N6O/c25-24(26,27)5-6-29-18-11-19-3-4-20(12-18)33(19)23(34)32-22-10-17-9-15(1-2-16(17)13-31-22)21-14-28-7-8-30-21/h1-2,7-10,13-14,18-20,29H,3-6,11-12H2,(H,31,32,34)/t18?,19-,20+. The van der Waals surface area contributed by atoms with Gasteiger partial charge in [0.05, 0.1) is 18.3 Å². The molecule has 0 spiro atoms. The summed E-state index contributed by atoms with van der Waals surface area (Å²) in [5.74, 6) is 0.457. The Kier molecular flexibility index (Phi) is 6.07. The largest absolute Gasteiger partial charge is 0.390 e. The summed E-state index contributed by atoms with van der Waals surface area (Å²) in [6.07, 6.45) is 4.73. The predicted octanol–water partition coefficient (Wildman–Crippen LogP) is 4.76. The SMILES string of the molecule is O=C(Nc1cc2cc(-c3cnccn3)ccc2cn1)N1[C@@H]2CC[C@H]1CC(NCCC(F)(F)F)C2. The van der Waals surface area contributed by atoms with Crippen LogP contribution >= 0.6 is 0 Å². The van der Waals surface area contributed by atoms with Gasteiger partial charge in [-0.1, -0.05) is 12.1 Å². The van der Waals surface area contributed by atoms with Crippen molar-refractivity contribution in [3.8, 4) is 11.3 Å². The summed E-state index contributed by atoms with van der Waals surface area (Å²) in [6, 6.07) is 7.56. The summed E-state index contributed by atoms with van der Waals surface area (Å²) in [5.41, 5.74) is 1.68. The third-order valence-electron chi connectivity index (χ3n) is 6.62. The number of carbonyl (C=O) groups is 1. The van der Waals surface area contributed by atoms with Gasteiger partial charge >= 0.3 is 12.2 Å². The van der Waals surface area contributed by atoms with Gasteiger partial charge in [0.1, 0.15) is 5.82 Å². The highest BCUT2D eigenvalue weighted by Crippen LogP contribution is 2.36. The van der Waals surface area contributed by atoms with Crippen LogP contribution in [0.15, 0.2) is 49.1 Å². The summed E-state index contributed by atoms with van der Waals surface area (Å²) < 4.78 is 37.3. The fraction of sp³-hybridized carbons (Fsp3) is 0.417. The Hall–Kier alpha value is -3.27. The Morgan fingerprint density at radius 1 is 1.03 bits per heavy atom. The van der Waals surface area contributed by atoms with Crippen molar-refractivity contribution in [2.75, 3.05) is 11.9 Å². The van der Waals surface area contributed by atoms with Crippen LogP contribution < -0.4 is 10.6 Å². The van der Waals surface area contributed by atoms with E-state index in [-0.39, 0.29) is 30.7 Å². The Balaban J connectivity index is 1.25. The number of nitrogens with zero attached hydrogens (tertiary/aromatic N) is 4. The quantitative estimate of drug-likeness (QED) is 0.562. The molecule has 3 atom stereocenters. The Bertz CT molecular complexity index is 1160. The van der Waals surface area contributed by atoms with Gasteiger partial charge in [-0.15, -0.1) is 0 Å². The highest BCUT2D eigenvalue weighted by atomic mass is 19.4. The lowest BCUT2D eigenvalue weighted by Gasteiger charge is -2.39. The fourth-order valence-corrected chi connectivity index (χ4v) is 5.08. The normalized spacial score (nSPS) is 22.2. The predicted molar refractivity (Wildman–Crippen MR) is 122 cm³/mol. The third-order valence-corrected chi connectivity index (χ3v) is 6.62. The Morgan fingerprint density at radius 3 is 2.53 bits per heavy atom. The Labute approximate surface area is 194 Å². The smallest absolute Gasteiger partial charge is 0.318 e. The van der Waals surface area contributed by atoms with Crippen molar-refractivity contribution in [2.45, 2.75) is 56.4 Å². The minimum atomic E-state index is -4.16. The zero-order valence-electron chi connectivity index (χ0n) is 18.4. The molecule has 2 aromatic heterocycles. The third kappa shape index (κ3) is 4.96. The number of hydrogen-bond donors (Lipinski definition) is 2. The van der Waals surface area contributed by atoms with Gasteiger partial charge in [0.2, 0.25) is 0 Å². The lowest BCUT2D eigenvalue weighted by atomic mass is 9.97. The molecule has 10 heteroatoms. The van der Waals surface area contributed by atoms with Gasteiger partial charge in [-0.3, -0.25) is 15.3 Å². The van der Waals surface area contributed by atoms with Crippen LogP contribution in [0.25, 0.3) is 22.0 Å². The highest BCUT2D eigenvalue weighted by Gasteiger charge is 2.43. The van der Waals surface area contributed by atoms with E-state index >= 15 is 0 Å². The second-order valence-corrected chi connectivity index (χ2v) is 8.93. The summed E-state index contributed by atoms with van der Waals surface area (Å²) in [4.78, 5) is 27.8. The second kappa shape index (κ2) is 9.17. The van der Waals surface area contributed by atoms with Crippen molar-refractivity contribution in [1.29, 1.82) is 0 Å². The van der Waals surface area contributed by atoms with E-state index in [4.69, 9.17) is 0 Å². The van der Waals surface area contributed by atoms with Gasteiger partial charge in [-0.25, -0.2) is 9.78 Å². The number of aromatic nitrogens is 3. The number of hydrogen-bond acceptors (Lipinski definition) is 5. The van der Waals surface area contributed by atoms with E-state index in [0.29, 0.717) is 18.7 Å². The average molecular weight is 470 g/mol. The molecule has 2 aliphatic rings. The molecule has 2 aliphatic heterocycles. The van der Waals surface area contributed by atoms with Crippen molar-refractivity contribution in [3.05, 3.63) is 49.1 Å². The lowest BCUT2D eigenvalue weighted by Crippen LogP contribution is -2.53. The molecule has 34 heavy (non-hydrogen) atoms. The van der Waals surface area contributed by atoms with Gasteiger partial charge in [0, 0.05) is 54.2 Å². The number of anilines is 1. The van der Waals surface area contributed by atoms with E-state index in [9.17, 15) is 18.0 Å². The van der Waals surface area contributed by atoms with Gasteiger partial charge in [0.25, 0.3) is 0 Å². The molecule has 2 bridgehead atoms. The second-order valence-electron chi connectivity index (χ2n) is 8.93. The number of halogens is 3. The van der Waals surface area contributed by atoms with Crippen LogP contribution in [-0.2, 0) is 0 Å². The van der Waals surface area contributed by atoms with Crippen molar-refractivity contribution in [3.63, 3.8) is 0 Å². The maximum Gasteiger partial charge on any atom is 0.390 e. The van der Waals surface area contributed by atoms with Gasteiger partial charge in [0.15, 0.2) is 0 Å². The van der Waals surface area contributed by atoms with Crippen LogP contribution in [0, 0.1) is 0 Å². The molecule has 4 heterocycles. The number of fused-ring (bicyclic) bond motifs is 3. The molecule has 0 saturated carbocycles. The molecule has 5 rings (SSSR count). The number of piperidine rings is 1. The van der Waals surface area contributed by atoms with E-state index in [1.807, 2.05) is 29.2 Å². The Morgan fingerprint density at radius 2 is 1.82 bits per heavy atom.